The van der Waals surface area contributed by atoms with Crippen molar-refractivity contribution in [1.29, 1.82) is 0 Å². The predicted octanol–water partition coefficient (Wildman–Crippen LogP) is 2.02. The SMILES string of the molecule is NC(=O)c1ccccc1OCC#CCNS(=O)(=O)c1ccc2c(c1)CCCC2. The van der Waals surface area contributed by atoms with Crippen LogP contribution in [0.5, 0.6) is 5.75 Å². The molecule has 146 valence electrons. The van der Waals surface area contributed by atoms with Gasteiger partial charge < -0.3 is 10.5 Å². The van der Waals surface area contributed by atoms with Gasteiger partial charge in [0.05, 0.1) is 17.0 Å². The first kappa shape index (κ1) is 19.9. The quantitative estimate of drug-likeness (QED) is 0.728. The van der Waals surface area contributed by atoms with Crippen LogP contribution in [0.3, 0.4) is 0 Å². The van der Waals surface area contributed by atoms with E-state index in [2.05, 4.69) is 16.6 Å². The molecule has 3 N–H and O–H groups in total. The van der Waals surface area contributed by atoms with Crippen LogP contribution >= 0.6 is 0 Å². The van der Waals surface area contributed by atoms with Gasteiger partial charge in [-0.15, -0.1) is 0 Å². The highest BCUT2D eigenvalue weighted by Gasteiger charge is 2.16. The number of hydrogen-bond donors (Lipinski definition) is 2. The predicted molar refractivity (Wildman–Crippen MR) is 107 cm³/mol. The molecule has 0 radical (unpaired) electrons. The largest absolute Gasteiger partial charge is 0.480 e. The number of benzene rings is 2. The molecule has 1 aliphatic rings. The molecule has 0 aromatic heterocycles. The first-order chi connectivity index (χ1) is 13.5. The number of primary amides is 1. The zero-order valence-corrected chi connectivity index (χ0v) is 16.2. The van der Waals surface area contributed by atoms with Gasteiger partial charge in [-0.05, 0) is 61.1 Å². The number of aryl methyl sites for hydroxylation is 2. The van der Waals surface area contributed by atoms with E-state index in [9.17, 15) is 13.2 Å². The number of nitrogens with one attached hydrogen (secondary N) is 1. The number of rotatable bonds is 6. The van der Waals surface area contributed by atoms with Crippen molar-refractivity contribution in [2.45, 2.75) is 30.6 Å². The minimum atomic E-state index is -3.61. The average molecular weight is 398 g/mol. The number of nitrogens with two attached hydrogens (primary N) is 1. The summed E-state index contributed by atoms with van der Waals surface area (Å²) in [5.41, 5.74) is 7.90. The number of amides is 1. The molecule has 0 fully saturated rings. The van der Waals surface area contributed by atoms with Crippen LogP contribution in [0.4, 0.5) is 0 Å². The van der Waals surface area contributed by atoms with E-state index in [0.29, 0.717) is 5.75 Å². The molecule has 7 heteroatoms. The molecule has 0 aliphatic heterocycles. The van der Waals surface area contributed by atoms with Crippen molar-refractivity contribution in [1.82, 2.24) is 4.72 Å². The zero-order valence-electron chi connectivity index (χ0n) is 15.4. The van der Waals surface area contributed by atoms with E-state index >= 15 is 0 Å². The molecule has 0 bridgehead atoms. The standard InChI is InChI=1S/C21H22N2O4S/c22-21(24)19-9-3-4-10-20(19)27-14-6-5-13-23-28(25,26)18-12-11-16-7-1-2-8-17(16)15-18/h3-4,9-12,15,23H,1-2,7-8,13-14H2,(H2,22,24). The second-order valence-corrected chi connectivity index (χ2v) is 8.23. The topological polar surface area (TPSA) is 98.5 Å². The van der Waals surface area contributed by atoms with Crippen LogP contribution in [-0.4, -0.2) is 27.5 Å². The van der Waals surface area contributed by atoms with Crippen molar-refractivity contribution in [3.05, 3.63) is 59.2 Å². The van der Waals surface area contributed by atoms with Crippen molar-refractivity contribution in [3.8, 4) is 17.6 Å². The summed E-state index contributed by atoms with van der Waals surface area (Å²) in [4.78, 5) is 11.6. The van der Waals surface area contributed by atoms with Crippen molar-refractivity contribution < 1.29 is 17.9 Å². The average Bonchev–Trinajstić information content (AvgIpc) is 2.70. The maximum absolute atomic E-state index is 12.4. The van der Waals surface area contributed by atoms with E-state index in [1.807, 2.05) is 6.07 Å². The van der Waals surface area contributed by atoms with E-state index in [1.54, 1.807) is 36.4 Å². The summed E-state index contributed by atoms with van der Waals surface area (Å²) >= 11 is 0. The second-order valence-electron chi connectivity index (χ2n) is 6.46. The molecule has 2 aromatic rings. The summed E-state index contributed by atoms with van der Waals surface area (Å²) in [5, 5.41) is 0. The highest BCUT2D eigenvalue weighted by atomic mass is 32.2. The first-order valence-corrected chi connectivity index (χ1v) is 10.5. The number of fused-ring (bicyclic) bond motifs is 1. The summed E-state index contributed by atoms with van der Waals surface area (Å²) in [5.74, 6) is 5.20. The summed E-state index contributed by atoms with van der Waals surface area (Å²) in [7, 11) is -3.61. The van der Waals surface area contributed by atoms with Crippen molar-refractivity contribution >= 4 is 15.9 Å². The summed E-state index contributed by atoms with van der Waals surface area (Å²) < 4.78 is 32.8. The summed E-state index contributed by atoms with van der Waals surface area (Å²) in [6.45, 7) is -0.00882. The zero-order chi connectivity index (χ0) is 20.0. The van der Waals surface area contributed by atoms with Crippen LogP contribution < -0.4 is 15.2 Å². The van der Waals surface area contributed by atoms with E-state index in [-0.39, 0.29) is 23.6 Å². The van der Waals surface area contributed by atoms with Gasteiger partial charge in [0.2, 0.25) is 10.0 Å². The highest BCUT2D eigenvalue weighted by molar-refractivity contribution is 7.89. The molecule has 0 saturated heterocycles. The molecule has 1 aliphatic carbocycles. The van der Waals surface area contributed by atoms with Crippen molar-refractivity contribution in [3.63, 3.8) is 0 Å². The normalized spacial score (nSPS) is 13.1. The summed E-state index contributed by atoms with van der Waals surface area (Å²) in [6, 6.07) is 11.9. The van der Waals surface area contributed by atoms with Gasteiger partial charge in [-0.25, -0.2) is 8.42 Å². The third kappa shape index (κ3) is 4.91. The van der Waals surface area contributed by atoms with Crippen molar-refractivity contribution in [2.75, 3.05) is 13.2 Å². The molecular formula is C21H22N2O4S. The number of sulfonamides is 1. The van der Waals surface area contributed by atoms with Gasteiger partial charge >= 0.3 is 0 Å². The van der Waals surface area contributed by atoms with Gasteiger partial charge in [0.15, 0.2) is 0 Å². The molecule has 0 saturated carbocycles. The van der Waals surface area contributed by atoms with E-state index < -0.39 is 15.9 Å². The van der Waals surface area contributed by atoms with Crippen LogP contribution in [-0.2, 0) is 22.9 Å². The molecule has 6 nitrogen and oxygen atoms in total. The fraction of sp³-hybridized carbons (Fsp3) is 0.286. The Balaban J connectivity index is 1.55. The van der Waals surface area contributed by atoms with Crippen LogP contribution in [0, 0.1) is 11.8 Å². The third-order valence-electron chi connectivity index (χ3n) is 4.56. The number of carbonyl (C=O) groups is 1. The van der Waals surface area contributed by atoms with Gasteiger partial charge in [0.1, 0.15) is 12.4 Å². The van der Waals surface area contributed by atoms with Crippen LogP contribution in [0.1, 0.15) is 34.3 Å². The lowest BCUT2D eigenvalue weighted by Crippen LogP contribution is -2.24. The van der Waals surface area contributed by atoms with E-state index in [0.717, 1.165) is 31.2 Å². The van der Waals surface area contributed by atoms with Gasteiger partial charge in [-0.2, -0.15) is 4.72 Å². The Hall–Kier alpha value is -2.82. The monoisotopic (exact) mass is 398 g/mol. The fourth-order valence-corrected chi connectivity index (χ4v) is 4.09. The van der Waals surface area contributed by atoms with Crippen LogP contribution in [0.2, 0.25) is 0 Å². The number of hydrogen-bond acceptors (Lipinski definition) is 4. The van der Waals surface area contributed by atoms with Gasteiger partial charge in [-0.1, -0.05) is 30.0 Å². The Kier molecular flexibility index (Phi) is 6.34. The lowest BCUT2D eigenvalue weighted by atomic mass is 9.92. The van der Waals surface area contributed by atoms with E-state index in [1.165, 1.54) is 5.56 Å². The second kappa shape index (κ2) is 8.91. The van der Waals surface area contributed by atoms with Crippen molar-refractivity contribution in [2.24, 2.45) is 5.73 Å². The Labute approximate surface area is 165 Å². The molecular weight excluding hydrogens is 376 g/mol. The minimum absolute atomic E-state index is 0.0187. The lowest BCUT2D eigenvalue weighted by Gasteiger charge is -2.16. The Bertz CT molecular complexity index is 1040. The van der Waals surface area contributed by atoms with Gasteiger partial charge in [-0.3, -0.25) is 4.79 Å². The van der Waals surface area contributed by atoms with E-state index in [4.69, 9.17) is 10.5 Å². The smallest absolute Gasteiger partial charge is 0.252 e. The lowest BCUT2D eigenvalue weighted by molar-refractivity contribution is 0.0997. The summed E-state index contributed by atoms with van der Waals surface area (Å²) in [6.07, 6.45) is 4.17. The molecule has 0 unspecified atom stereocenters. The van der Waals surface area contributed by atoms with Gasteiger partial charge in [0.25, 0.3) is 5.91 Å². The minimum Gasteiger partial charge on any atom is -0.480 e. The third-order valence-corrected chi connectivity index (χ3v) is 5.96. The molecule has 1 amide bonds. The van der Waals surface area contributed by atoms with Gasteiger partial charge in [0, 0.05) is 0 Å². The first-order valence-electron chi connectivity index (χ1n) is 9.06. The maximum atomic E-state index is 12.4. The number of para-hydroxylation sites is 1. The van der Waals surface area contributed by atoms with Crippen LogP contribution in [0.25, 0.3) is 0 Å². The molecule has 0 atom stereocenters. The highest BCUT2D eigenvalue weighted by Crippen LogP contribution is 2.24. The molecule has 2 aromatic carbocycles. The Morgan fingerprint density at radius 3 is 2.61 bits per heavy atom. The molecule has 0 spiro atoms. The maximum Gasteiger partial charge on any atom is 0.252 e. The molecule has 3 rings (SSSR count). The fourth-order valence-electron chi connectivity index (χ4n) is 3.11. The molecule has 0 heterocycles. The van der Waals surface area contributed by atoms with Crippen LogP contribution in [0.15, 0.2) is 47.4 Å². The number of carbonyl (C=O) groups excluding carboxylic acids is 1. The Morgan fingerprint density at radius 2 is 1.82 bits per heavy atom. The Morgan fingerprint density at radius 1 is 1.07 bits per heavy atom. The number of ether oxygens (including phenoxy) is 1. The molecule has 28 heavy (non-hydrogen) atoms.